The third-order valence-corrected chi connectivity index (χ3v) is 6.47. The molecule has 1 amide bonds. The Labute approximate surface area is 163 Å². The van der Waals surface area contributed by atoms with Gasteiger partial charge >= 0.3 is 5.97 Å². The molecule has 11 heteroatoms. The van der Waals surface area contributed by atoms with Gasteiger partial charge in [0.05, 0.1) is 18.3 Å². The molecule has 1 N–H and O–H groups in total. The summed E-state index contributed by atoms with van der Waals surface area (Å²) in [7, 11) is -3.91. The van der Waals surface area contributed by atoms with Crippen LogP contribution < -0.4 is 0 Å². The summed E-state index contributed by atoms with van der Waals surface area (Å²) in [5.41, 5.74) is 9.89. The summed E-state index contributed by atoms with van der Waals surface area (Å²) in [4.78, 5) is 28.9. The molecule has 1 heterocycles. The Morgan fingerprint density at radius 2 is 2.00 bits per heavy atom. The molecule has 0 unspecified atom stereocenters. The average Bonchev–Trinajstić information content (AvgIpc) is 2.66. The quantitative estimate of drug-likeness (QED) is 0.301. The molecular formula is C17H23N5O5S. The van der Waals surface area contributed by atoms with Crippen molar-refractivity contribution >= 4 is 21.9 Å². The minimum absolute atomic E-state index is 0.148. The van der Waals surface area contributed by atoms with Crippen molar-refractivity contribution in [1.82, 2.24) is 9.21 Å². The molecule has 28 heavy (non-hydrogen) atoms. The molecule has 1 aliphatic rings. The van der Waals surface area contributed by atoms with Crippen molar-refractivity contribution in [3.05, 3.63) is 45.8 Å². The van der Waals surface area contributed by atoms with Crippen LogP contribution in [-0.4, -0.2) is 66.0 Å². The maximum absolute atomic E-state index is 12.8. The summed E-state index contributed by atoms with van der Waals surface area (Å²) in [6.07, 6.45) is 0.338. The van der Waals surface area contributed by atoms with Crippen LogP contribution in [0.1, 0.15) is 30.5 Å². The average molecular weight is 409 g/mol. The van der Waals surface area contributed by atoms with Crippen LogP contribution in [0.25, 0.3) is 10.4 Å². The lowest BCUT2D eigenvalue weighted by molar-refractivity contribution is -0.153. The number of carboxylic acid groups (broad SMARTS) is 1. The first-order valence-corrected chi connectivity index (χ1v) is 10.4. The number of benzene rings is 1. The Bertz CT molecular complexity index is 880. The van der Waals surface area contributed by atoms with Crippen LogP contribution in [0.4, 0.5) is 0 Å². The van der Waals surface area contributed by atoms with E-state index in [1.54, 1.807) is 24.3 Å². The second-order valence-corrected chi connectivity index (χ2v) is 8.69. The van der Waals surface area contributed by atoms with Crippen molar-refractivity contribution in [2.75, 3.05) is 25.4 Å². The summed E-state index contributed by atoms with van der Waals surface area (Å²) in [5, 5.41) is 13.3. The number of piperazine rings is 1. The zero-order chi connectivity index (χ0) is 20.9. The second-order valence-electron chi connectivity index (χ2n) is 6.48. The van der Waals surface area contributed by atoms with Gasteiger partial charge < -0.3 is 10.0 Å². The molecule has 152 valence electrons. The lowest BCUT2D eigenvalue weighted by Crippen LogP contribution is -2.62. The van der Waals surface area contributed by atoms with E-state index in [4.69, 9.17) is 5.53 Å². The first-order valence-electron chi connectivity index (χ1n) is 8.82. The van der Waals surface area contributed by atoms with Gasteiger partial charge in [-0.15, -0.1) is 0 Å². The predicted octanol–water partition coefficient (Wildman–Crippen LogP) is 1.68. The molecule has 1 aliphatic heterocycles. The highest BCUT2D eigenvalue weighted by atomic mass is 32.2. The molecule has 10 nitrogen and oxygen atoms in total. The van der Waals surface area contributed by atoms with Crippen LogP contribution in [-0.2, 0) is 19.6 Å². The van der Waals surface area contributed by atoms with Crippen LogP contribution in [0.2, 0.25) is 0 Å². The highest BCUT2D eigenvalue weighted by Gasteiger charge is 2.49. The number of carbonyl (C=O) groups excluding carboxylic acids is 1. The number of hydrogen-bond donors (Lipinski definition) is 1. The van der Waals surface area contributed by atoms with Gasteiger partial charge in [0.1, 0.15) is 6.04 Å². The van der Waals surface area contributed by atoms with Gasteiger partial charge in [-0.25, -0.2) is 8.42 Å². The van der Waals surface area contributed by atoms with E-state index in [0.29, 0.717) is 12.0 Å². The maximum atomic E-state index is 12.8. The van der Waals surface area contributed by atoms with Crippen LogP contribution in [0.5, 0.6) is 0 Å². The zero-order valence-corrected chi connectivity index (χ0v) is 16.5. The Kier molecular flexibility index (Phi) is 7.00. The maximum Gasteiger partial charge on any atom is 0.324 e. The van der Waals surface area contributed by atoms with Gasteiger partial charge in [0, 0.05) is 18.0 Å². The van der Waals surface area contributed by atoms with Crippen molar-refractivity contribution in [2.24, 2.45) is 5.11 Å². The first-order chi connectivity index (χ1) is 13.2. The summed E-state index contributed by atoms with van der Waals surface area (Å²) in [6.45, 7) is 3.05. The molecule has 0 radical (unpaired) electrons. The van der Waals surface area contributed by atoms with Crippen molar-refractivity contribution in [3.63, 3.8) is 0 Å². The van der Waals surface area contributed by atoms with Crippen molar-refractivity contribution < 1.29 is 23.1 Å². The van der Waals surface area contributed by atoms with Gasteiger partial charge in [-0.1, -0.05) is 34.9 Å². The van der Waals surface area contributed by atoms with Crippen molar-refractivity contribution in [3.8, 4) is 0 Å². The van der Waals surface area contributed by atoms with E-state index >= 15 is 0 Å². The number of rotatable bonds is 8. The Hall–Kier alpha value is -2.62. The van der Waals surface area contributed by atoms with E-state index in [1.807, 2.05) is 6.92 Å². The number of azide groups is 1. The molecule has 1 aromatic carbocycles. The normalized spacial score (nSPS) is 20.6. The number of amides is 1. The Morgan fingerprint density at radius 3 is 2.54 bits per heavy atom. The molecule has 2 atom stereocenters. The zero-order valence-electron chi connectivity index (χ0n) is 15.7. The van der Waals surface area contributed by atoms with E-state index in [2.05, 4.69) is 10.0 Å². The number of nitrogens with zero attached hydrogens (tertiary/aromatic N) is 5. The van der Waals surface area contributed by atoms with Gasteiger partial charge in [0.25, 0.3) is 0 Å². The van der Waals surface area contributed by atoms with Gasteiger partial charge in [0.15, 0.2) is 0 Å². The lowest BCUT2D eigenvalue weighted by atomic mass is 9.94. The molecule has 0 spiro atoms. The second kappa shape index (κ2) is 9.05. The smallest absolute Gasteiger partial charge is 0.324 e. The van der Waals surface area contributed by atoms with E-state index in [9.17, 15) is 23.1 Å². The van der Waals surface area contributed by atoms with Crippen molar-refractivity contribution in [2.45, 2.75) is 32.4 Å². The van der Waals surface area contributed by atoms with E-state index in [-0.39, 0.29) is 18.8 Å². The third-order valence-electron chi connectivity index (χ3n) is 4.67. The Balaban J connectivity index is 2.52. The topological polar surface area (TPSA) is 144 Å². The monoisotopic (exact) mass is 409 g/mol. The van der Waals surface area contributed by atoms with Gasteiger partial charge in [-0.05, 0) is 31.4 Å². The molecule has 1 saturated heterocycles. The fourth-order valence-electron chi connectivity index (χ4n) is 3.25. The number of hydrogen-bond acceptors (Lipinski definition) is 5. The fraction of sp³-hybridized carbons (Fsp3) is 0.529. The summed E-state index contributed by atoms with van der Waals surface area (Å²) >= 11 is 0. The lowest BCUT2D eigenvalue weighted by Gasteiger charge is -2.44. The van der Waals surface area contributed by atoms with Gasteiger partial charge in [-0.3, -0.25) is 9.59 Å². The molecular weight excluding hydrogens is 386 g/mol. The molecule has 0 bridgehead atoms. The molecule has 2 rings (SSSR count). The number of aliphatic carboxylic acids is 1. The minimum Gasteiger partial charge on any atom is -0.480 e. The van der Waals surface area contributed by atoms with Gasteiger partial charge in [0.2, 0.25) is 15.9 Å². The first kappa shape index (κ1) is 21.7. The molecule has 1 fully saturated rings. The summed E-state index contributed by atoms with van der Waals surface area (Å²) < 4.78 is 25.8. The van der Waals surface area contributed by atoms with Crippen LogP contribution in [0.15, 0.2) is 29.4 Å². The van der Waals surface area contributed by atoms with E-state index in [1.165, 1.54) is 11.8 Å². The minimum atomic E-state index is -3.91. The largest absolute Gasteiger partial charge is 0.480 e. The molecule has 0 saturated carbocycles. The Morgan fingerprint density at radius 1 is 1.36 bits per heavy atom. The fourth-order valence-corrected chi connectivity index (χ4v) is 4.44. The van der Waals surface area contributed by atoms with Crippen molar-refractivity contribution in [1.29, 1.82) is 0 Å². The predicted molar refractivity (Wildman–Crippen MR) is 102 cm³/mol. The van der Waals surface area contributed by atoms with Crippen LogP contribution >= 0.6 is 0 Å². The van der Waals surface area contributed by atoms with E-state index in [0.717, 1.165) is 9.87 Å². The third kappa shape index (κ3) is 4.61. The van der Waals surface area contributed by atoms with E-state index < -0.39 is 40.5 Å². The summed E-state index contributed by atoms with van der Waals surface area (Å²) in [5.74, 6) is -2.11. The highest BCUT2D eigenvalue weighted by Crippen LogP contribution is 2.34. The highest BCUT2D eigenvalue weighted by molar-refractivity contribution is 7.89. The summed E-state index contributed by atoms with van der Waals surface area (Å²) in [6, 6.07) is 4.54. The number of aryl methyl sites for hydroxylation is 1. The van der Waals surface area contributed by atoms with Crippen LogP contribution in [0.3, 0.4) is 0 Å². The van der Waals surface area contributed by atoms with Crippen LogP contribution in [0, 0.1) is 6.92 Å². The number of sulfonamides is 1. The van der Waals surface area contributed by atoms with Gasteiger partial charge in [-0.2, -0.15) is 4.31 Å². The standard InChI is InChI=1S/C17H23N5O5S/c1-3-28(26,27)22-11-14(23)21(10-4-9-19-20-18)15(16(22)17(24)25)13-7-5-12(2)6-8-13/h5-8,15-16H,3-4,9-11H2,1-2H3,(H,24,25)/t15-,16+/m1/s1. The number of carboxylic acids is 1. The SMILES string of the molecule is CCS(=O)(=O)N1CC(=O)N(CCCN=[N+]=[N-])[C@H](c2ccc(C)cc2)[C@H]1C(=O)O. The molecule has 0 aromatic heterocycles. The number of carbonyl (C=O) groups is 2. The molecule has 0 aliphatic carbocycles. The molecule has 1 aromatic rings.